The number of carbonyl (C=O) groups is 1. The first-order valence-corrected chi connectivity index (χ1v) is 7.87. The first-order chi connectivity index (χ1) is 12.8. The van der Waals surface area contributed by atoms with Crippen LogP contribution in [-0.2, 0) is 0 Å². The summed E-state index contributed by atoms with van der Waals surface area (Å²) in [5, 5.41) is 12.3. The van der Waals surface area contributed by atoms with Gasteiger partial charge in [-0.3, -0.25) is 0 Å². The van der Waals surface area contributed by atoms with Gasteiger partial charge in [0, 0.05) is 11.8 Å². The fraction of sp³-hybridized carbons (Fsp3) is 0.0500. The number of nitrogens with one attached hydrogen (secondary N) is 1. The van der Waals surface area contributed by atoms with E-state index in [1.54, 1.807) is 12.1 Å². The number of hydrogen-bond donors (Lipinski definition) is 2. The second-order valence-electron chi connectivity index (χ2n) is 5.63. The quantitative estimate of drug-likeness (QED) is 0.603. The highest BCUT2D eigenvalue weighted by molar-refractivity contribution is 5.96. The van der Waals surface area contributed by atoms with Crippen molar-refractivity contribution in [2.75, 3.05) is 5.32 Å². The van der Waals surface area contributed by atoms with Gasteiger partial charge in [-0.05, 0) is 35.4 Å². The van der Waals surface area contributed by atoms with Crippen molar-refractivity contribution in [2.24, 2.45) is 0 Å². The van der Waals surface area contributed by atoms with Crippen molar-refractivity contribution < 1.29 is 27.8 Å². The van der Waals surface area contributed by atoms with E-state index in [1.807, 2.05) is 30.3 Å². The zero-order chi connectivity index (χ0) is 19.4. The average Bonchev–Trinajstić information content (AvgIpc) is 2.61. The van der Waals surface area contributed by atoms with Crippen molar-refractivity contribution in [1.82, 2.24) is 0 Å². The Morgan fingerprint density at radius 2 is 1.63 bits per heavy atom. The molecule has 0 unspecified atom stereocenters. The molecule has 27 heavy (non-hydrogen) atoms. The number of ether oxygens (including phenoxy) is 1. The molecule has 3 rings (SSSR count). The second-order valence-corrected chi connectivity index (χ2v) is 5.63. The topological polar surface area (TPSA) is 58.6 Å². The maximum Gasteiger partial charge on any atom is 0.573 e. The molecule has 0 amide bonds. The van der Waals surface area contributed by atoms with Crippen LogP contribution in [0.2, 0.25) is 0 Å². The molecule has 3 aromatic carbocycles. The van der Waals surface area contributed by atoms with E-state index >= 15 is 0 Å². The molecule has 0 heterocycles. The van der Waals surface area contributed by atoms with Crippen LogP contribution in [-0.4, -0.2) is 17.4 Å². The van der Waals surface area contributed by atoms with Crippen LogP contribution in [0.15, 0.2) is 72.8 Å². The molecule has 0 fully saturated rings. The second kappa shape index (κ2) is 7.41. The third-order valence-electron chi connectivity index (χ3n) is 3.70. The Morgan fingerprint density at radius 3 is 2.30 bits per heavy atom. The summed E-state index contributed by atoms with van der Waals surface area (Å²) < 4.78 is 41.1. The van der Waals surface area contributed by atoms with E-state index in [0.717, 1.165) is 23.3 Å². The number of rotatable bonds is 5. The third-order valence-corrected chi connectivity index (χ3v) is 3.70. The van der Waals surface area contributed by atoms with Crippen molar-refractivity contribution in [1.29, 1.82) is 0 Å². The smallest absolute Gasteiger partial charge is 0.478 e. The van der Waals surface area contributed by atoms with Crippen molar-refractivity contribution >= 4 is 17.3 Å². The number of anilines is 2. The van der Waals surface area contributed by atoms with Crippen molar-refractivity contribution in [3.8, 4) is 16.9 Å². The fourth-order valence-electron chi connectivity index (χ4n) is 2.57. The summed E-state index contributed by atoms with van der Waals surface area (Å²) in [5.41, 5.74) is 2.17. The zero-order valence-corrected chi connectivity index (χ0v) is 13.8. The SMILES string of the molecule is O=C(O)c1ccc(-c2ccccc2)cc1Nc1cccc(OC(F)(F)F)c1. The first kappa shape index (κ1) is 18.3. The fourth-order valence-corrected chi connectivity index (χ4v) is 2.57. The summed E-state index contributed by atoms with van der Waals surface area (Å²) in [7, 11) is 0. The molecule has 2 N–H and O–H groups in total. The Morgan fingerprint density at radius 1 is 0.889 bits per heavy atom. The Balaban J connectivity index is 1.95. The summed E-state index contributed by atoms with van der Waals surface area (Å²) in [6.07, 6.45) is -4.81. The van der Waals surface area contributed by atoms with E-state index in [0.29, 0.717) is 0 Å². The number of alkyl halides is 3. The maximum absolute atomic E-state index is 12.4. The lowest BCUT2D eigenvalue weighted by molar-refractivity contribution is -0.274. The number of carboxylic acid groups (broad SMARTS) is 1. The minimum absolute atomic E-state index is 0.00294. The number of hydrogen-bond acceptors (Lipinski definition) is 3. The Labute approximate surface area is 152 Å². The molecule has 0 aliphatic heterocycles. The van der Waals surface area contributed by atoms with Crippen LogP contribution in [0.25, 0.3) is 11.1 Å². The van der Waals surface area contributed by atoms with Crippen LogP contribution in [0.5, 0.6) is 5.75 Å². The third kappa shape index (κ3) is 4.78. The molecule has 0 aliphatic rings. The molecule has 0 bridgehead atoms. The molecule has 0 saturated heterocycles. The van der Waals surface area contributed by atoms with Gasteiger partial charge in [0.15, 0.2) is 0 Å². The highest BCUT2D eigenvalue weighted by Gasteiger charge is 2.31. The molecule has 0 aliphatic carbocycles. The molecular weight excluding hydrogens is 359 g/mol. The van der Waals surface area contributed by atoms with E-state index in [2.05, 4.69) is 10.1 Å². The monoisotopic (exact) mass is 373 g/mol. The lowest BCUT2D eigenvalue weighted by atomic mass is 10.0. The van der Waals surface area contributed by atoms with E-state index in [9.17, 15) is 23.1 Å². The van der Waals surface area contributed by atoms with Gasteiger partial charge < -0.3 is 15.2 Å². The largest absolute Gasteiger partial charge is 0.573 e. The maximum atomic E-state index is 12.4. The zero-order valence-electron chi connectivity index (χ0n) is 13.8. The summed E-state index contributed by atoms with van der Waals surface area (Å²) in [5.74, 6) is -1.55. The predicted molar refractivity (Wildman–Crippen MR) is 95.2 cm³/mol. The van der Waals surface area contributed by atoms with Crippen LogP contribution in [0, 0.1) is 0 Å². The van der Waals surface area contributed by atoms with Crippen LogP contribution in [0.3, 0.4) is 0 Å². The molecule has 7 heteroatoms. The van der Waals surface area contributed by atoms with Crippen LogP contribution < -0.4 is 10.1 Å². The molecule has 3 aromatic rings. The number of aromatic carboxylic acids is 1. The summed E-state index contributed by atoms with van der Waals surface area (Å²) in [6.45, 7) is 0. The van der Waals surface area contributed by atoms with Gasteiger partial charge in [0.1, 0.15) is 5.75 Å². The average molecular weight is 373 g/mol. The van der Waals surface area contributed by atoms with E-state index < -0.39 is 18.1 Å². The lowest BCUT2D eigenvalue weighted by Crippen LogP contribution is -2.17. The minimum atomic E-state index is -4.81. The number of halogens is 3. The van der Waals surface area contributed by atoms with Gasteiger partial charge in [-0.25, -0.2) is 4.79 Å². The number of benzene rings is 3. The van der Waals surface area contributed by atoms with Crippen LogP contribution in [0.1, 0.15) is 10.4 Å². The predicted octanol–water partition coefficient (Wildman–Crippen LogP) is 5.69. The molecule has 0 saturated carbocycles. The molecule has 138 valence electrons. The molecule has 0 radical (unpaired) electrons. The van der Waals surface area contributed by atoms with E-state index in [-0.39, 0.29) is 16.9 Å². The van der Waals surface area contributed by atoms with Gasteiger partial charge in [0.2, 0.25) is 0 Å². The Hall–Kier alpha value is -3.48. The van der Waals surface area contributed by atoms with Crippen molar-refractivity contribution in [3.05, 3.63) is 78.4 Å². The highest BCUT2D eigenvalue weighted by Crippen LogP contribution is 2.30. The van der Waals surface area contributed by atoms with Gasteiger partial charge in [-0.1, -0.05) is 42.5 Å². The molecule has 0 atom stereocenters. The Bertz CT molecular complexity index is 956. The minimum Gasteiger partial charge on any atom is -0.478 e. The molecule has 0 spiro atoms. The normalized spacial score (nSPS) is 11.1. The molecular formula is C20H14F3NO3. The molecule has 0 aromatic heterocycles. The van der Waals surface area contributed by atoms with E-state index in [1.165, 1.54) is 18.2 Å². The lowest BCUT2D eigenvalue weighted by Gasteiger charge is -2.14. The van der Waals surface area contributed by atoms with Crippen molar-refractivity contribution in [3.63, 3.8) is 0 Å². The summed E-state index contributed by atoms with van der Waals surface area (Å²) in [4.78, 5) is 11.5. The van der Waals surface area contributed by atoms with E-state index in [4.69, 9.17) is 0 Å². The summed E-state index contributed by atoms with van der Waals surface area (Å²) >= 11 is 0. The molecule has 4 nitrogen and oxygen atoms in total. The highest BCUT2D eigenvalue weighted by atomic mass is 19.4. The van der Waals surface area contributed by atoms with Gasteiger partial charge >= 0.3 is 12.3 Å². The van der Waals surface area contributed by atoms with Gasteiger partial charge in [0.25, 0.3) is 0 Å². The van der Waals surface area contributed by atoms with Gasteiger partial charge in [-0.2, -0.15) is 0 Å². The number of carboxylic acids is 1. The summed E-state index contributed by atoms with van der Waals surface area (Å²) in [6, 6.07) is 19.3. The first-order valence-electron chi connectivity index (χ1n) is 7.87. The van der Waals surface area contributed by atoms with Gasteiger partial charge in [-0.15, -0.1) is 13.2 Å². The van der Waals surface area contributed by atoms with Crippen LogP contribution >= 0.6 is 0 Å². The van der Waals surface area contributed by atoms with Crippen molar-refractivity contribution in [2.45, 2.75) is 6.36 Å². The van der Waals surface area contributed by atoms with Crippen LogP contribution in [0.4, 0.5) is 24.5 Å². The Kier molecular flexibility index (Phi) is 5.03. The van der Waals surface area contributed by atoms with Gasteiger partial charge in [0.05, 0.1) is 11.3 Å². The standard InChI is InChI=1S/C20H14F3NO3/c21-20(22,23)27-16-8-4-7-15(12-16)24-18-11-14(9-10-17(18)19(25)26)13-5-2-1-3-6-13/h1-12,24H,(H,25,26).